The molecule has 0 amide bonds. The van der Waals surface area contributed by atoms with Gasteiger partial charge in [-0.3, -0.25) is 0 Å². The van der Waals surface area contributed by atoms with E-state index in [-0.39, 0.29) is 11.3 Å². The molecule has 8 heteroatoms. The van der Waals surface area contributed by atoms with Gasteiger partial charge in [0.25, 0.3) is 0 Å². The largest absolute Gasteiger partial charge is 0.478 e. The molecule has 0 unspecified atom stereocenters. The van der Waals surface area contributed by atoms with Crippen LogP contribution < -0.4 is 5.32 Å². The second-order valence-corrected chi connectivity index (χ2v) is 6.72. The summed E-state index contributed by atoms with van der Waals surface area (Å²) in [5.41, 5.74) is 0.627. The van der Waals surface area contributed by atoms with Crippen LogP contribution in [0.3, 0.4) is 0 Å². The lowest BCUT2D eigenvalue weighted by molar-refractivity contribution is 0.0697. The molecule has 0 aliphatic carbocycles. The fraction of sp³-hybridized carbons (Fsp3) is 0.556. The summed E-state index contributed by atoms with van der Waals surface area (Å²) in [7, 11) is -2.97. The van der Waals surface area contributed by atoms with Crippen LogP contribution in [0.5, 0.6) is 0 Å². The number of carboxylic acids is 1. The highest BCUT2D eigenvalue weighted by Gasteiger charge is 2.16. The first kappa shape index (κ1) is 13.9. The van der Waals surface area contributed by atoms with Crippen molar-refractivity contribution >= 4 is 32.3 Å². The maximum Gasteiger partial charge on any atom is 0.340 e. The first-order chi connectivity index (χ1) is 7.81. The summed E-state index contributed by atoms with van der Waals surface area (Å²) in [5, 5.41) is 12.3. The number of hydrogen-bond donors (Lipinski definition) is 2. The van der Waals surface area contributed by atoms with E-state index in [9.17, 15) is 13.2 Å². The Kier molecular flexibility index (Phi) is 4.47. The first-order valence-electron chi connectivity index (χ1n) is 4.92. The molecule has 1 heterocycles. The van der Waals surface area contributed by atoms with Gasteiger partial charge >= 0.3 is 5.97 Å². The second kappa shape index (κ2) is 5.46. The van der Waals surface area contributed by atoms with Gasteiger partial charge in [-0.2, -0.15) is 4.37 Å². The molecule has 1 rings (SSSR count). The van der Waals surface area contributed by atoms with Gasteiger partial charge in [0.1, 0.15) is 20.4 Å². The van der Waals surface area contributed by atoms with E-state index in [0.717, 1.165) is 11.5 Å². The van der Waals surface area contributed by atoms with Crippen LogP contribution in [0, 0.1) is 6.92 Å². The fourth-order valence-electron chi connectivity index (χ4n) is 1.28. The Morgan fingerprint density at radius 1 is 1.53 bits per heavy atom. The Hall–Kier alpha value is -1.15. The lowest BCUT2D eigenvalue weighted by Gasteiger charge is -2.03. The normalized spacial score (nSPS) is 11.4. The molecule has 0 atom stereocenters. The van der Waals surface area contributed by atoms with E-state index in [1.807, 2.05) is 0 Å². The van der Waals surface area contributed by atoms with Crippen molar-refractivity contribution < 1.29 is 18.3 Å². The van der Waals surface area contributed by atoms with Crippen molar-refractivity contribution in [2.24, 2.45) is 0 Å². The molecular formula is C9H14N2O4S2. The molecule has 0 bridgehead atoms. The van der Waals surface area contributed by atoms with Gasteiger partial charge in [0.05, 0.1) is 11.4 Å². The molecule has 0 radical (unpaired) electrons. The summed E-state index contributed by atoms with van der Waals surface area (Å²) < 4.78 is 25.7. The molecule has 0 aromatic carbocycles. The van der Waals surface area contributed by atoms with Gasteiger partial charge in [-0.1, -0.05) is 0 Å². The standard InChI is InChI=1S/C9H14N2O4S2/c1-6-7(9(12)13)8(16-11-6)10-4-3-5-17(2,14)15/h10H,3-5H2,1-2H3,(H,12,13). The molecule has 0 aliphatic rings. The van der Waals surface area contributed by atoms with Gasteiger partial charge in [0, 0.05) is 12.8 Å². The molecule has 96 valence electrons. The number of rotatable bonds is 6. The van der Waals surface area contributed by atoms with Crippen molar-refractivity contribution in [3.05, 3.63) is 11.3 Å². The van der Waals surface area contributed by atoms with E-state index in [1.54, 1.807) is 6.92 Å². The molecule has 0 spiro atoms. The lowest BCUT2D eigenvalue weighted by atomic mass is 10.2. The van der Waals surface area contributed by atoms with Crippen molar-refractivity contribution in [1.82, 2.24) is 4.37 Å². The van der Waals surface area contributed by atoms with E-state index in [2.05, 4.69) is 9.69 Å². The van der Waals surface area contributed by atoms with E-state index in [1.165, 1.54) is 6.26 Å². The quantitative estimate of drug-likeness (QED) is 0.753. The number of aromatic nitrogens is 1. The Morgan fingerprint density at radius 3 is 2.71 bits per heavy atom. The molecule has 0 aliphatic heterocycles. The van der Waals surface area contributed by atoms with Crippen molar-refractivity contribution in [3.63, 3.8) is 0 Å². The zero-order valence-corrected chi connectivity index (χ0v) is 11.2. The summed E-state index contributed by atoms with van der Waals surface area (Å²) in [6, 6.07) is 0. The van der Waals surface area contributed by atoms with E-state index in [0.29, 0.717) is 23.7 Å². The van der Waals surface area contributed by atoms with Crippen molar-refractivity contribution in [2.45, 2.75) is 13.3 Å². The third kappa shape index (κ3) is 4.31. The van der Waals surface area contributed by atoms with E-state index < -0.39 is 15.8 Å². The number of aryl methyl sites for hydroxylation is 1. The van der Waals surface area contributed by atoms with Crippen LogP contribution in [0.15, 0.2) is 0 Å². The SMILES string of the molecule is Cc1nsc(NCCCS(C)(=O)=O)c1C(=O)O. The maximum atomic E-state index is 10.9. The van der Waals surface area contributed by atoms with Gasteiger partial charge in [-0.05, 0) is 24.9 Å². The minimum atomic E-state index is -2.97. The Morgan fingerprint density at radius 2 is 2.18 bits per heavy atom. The molecule has 0 saturated heterocycles. The van der Waals surface area contributed by atoms with E-state index >= 15 is 0 Å². The van der Waals surface area contributed by atoms with Crippen LogP contribution in [0.2, 0.25) is 0 Å². The number of aromatic carboxylic acids is 1. The molecule has 0 saturated carbocycles. The number of anilines is 1. The fourth-order valence-corrected chi connectivity index (χ4v) is 2.76. The average Bonchev–Trinajstić information content (AvgIpc) is 2.53. The zero-order valence-electron chi connectivity index (χ0n) is 9.56. The highest BCUT2D eigenvalue weighted by Crippen LogP contribution is 2.24. The minimum absolute atomic E-state index is 0.0835. The molecular weight excluding hydrogens is 264 g/mol. The molecule has 2 N–H and O–H groups in total. The van der Waals surface area contributed by atoms with E-state index in [4.69, 9.17) is 5.11 Å². The smallest absolute Gasteiger partial charge is 0.340 e. The zero-order chi connectivity index (χ0) is 13.1. The first-order valence-corrected chi connectivity index (χ1v) is 7.76. The minimum Gasteiger partial charge on any atom is -0.478 e. The molecule has 1 aromatic rings. The van der Waals surface area contributed by atoms with Crippen LogP contribution >= 0.6 is 11.5 Å². The topological polar surface area (TPSA) is 96.4 Å². The summed E-state index contributed by atoms with van der Waals surface area (Å²) in [6.07, 6.45) is 1.61. The average molecular weight is 278 g/mol. The molecule has 6 nitrogen and oxygen atoms in total. The Balaban J connectivity index is 2.56. The third-order valence-electron chi connectivity index (χ3n) is 2.05. The Bertz CT molecular complexity index is 507. The number of carboxylic acid groups (broad SMARTS) is 1. The van der Waals surface area contributed by atoms with Crippen molar-refractivity contribution in [1.29, 1.82) is 0 Å². The predicted octanol–water partition coefficient (Wildman–Crippen LogP) is 0.996. The summed E-state index contributed by atoms with van der Waals surface area (Å²) in [4.78, 5) is 10.9. The Labute approximate surface area is 104 Å². The van der Waals surface area contributed by atoms with Crippen LogP contribution in [0.4, 0.5) is 5.00 Å². The monoisotopic (exact) mass is 278 g/mol. The van der Waals surface area contributed by atoms with Crippen LogP contribution in [0.25, 0.3) is 0 Å². The van der Waals surface area contributed by atoms with Crippen LogP contribution in [-0.2, 0) is 9.84 Å². The molecule has 17 heavy (non-hydrogen) atoms. The van der Waals surface area contributed by atoms with Gasteiger partial charge in [-0.25, -0.2) is 13.2 Å². The number of nitrogens with zero attached hydrogens (tertiary/aromatic N) is 1. The number of hydrogen-bond acceptors (Lipinski definition) is 6. The van der Waals surface area contributed by atoms with Gasteiger partial charge in [0.15, 0.2) is 0 Å². The number of carbonyl (C=O) groups is 1. The molecule has 0 fully saturated rings. The van der Waals surface area contributed by atoms with Crippen molar-refractivity contribution in [3.8, 4) is 0 Å². The summed E-state index contributed by atoms with van der Waals surface area (Å²) in [5.74, 6) is -0.943. The lowest BCUT2D eigenvalue weighted by Crippen LogP contribution is -2.11. The molecule has 1 aromatic heterocycles. The van der Waals surface area contributed by atoms with Crippen LogP contribution in [-0.4, -0.2) is 42.4 Å². The predicted molar refractivity (Wildman–Crippen MR) is 66.6 cm³/mol. The maximum absolute atomic E-state index is 10.9. The highest BCUT2D eigenvalue weighted by atomic mass is 32.2. The van der Waals surface area contributed by atoms with Crippen molar-refractivity contribution in [2.75, 3.05) is 23.9 Å². The van der Waals surface area contributed by atoms with Gasteiger partial charge in [0.2, 0.25) is 0 Å². The third-order valence-corrected chi connectivity index (χ3v) is 3.98. The summed E-state index contributed by atoms with van der Waals surface area (Å²) >= 11 is 1.07. The number of nitrogens with one attached hydrogen (secondary N) is 1. The van der Waals surface area contributed by atoms with Gasteiger partial charge in [-0.15, -0.1) is 0 Å². The number of sulfone groups is 1. The van der Waals surface area contributed by atoms with Gasteiger partial charge < -0.3 is 10.4 Å². The van der Waals surface area contributed by atoms with Crippen LogP contribution in [0.1, 0.15) is 22.5 Å². The summed E-state index contributed by atoms with van der Waals surface area (Å²) in [6.45, 7) is 2.04. The second-order valence-electron chi connectivity index (χ2n) is 3.69. The highest BCUT2D eigenvalue weighted by molar-refractivity contribution is 7.90.